The van der Waals surface area contributed by atoms with Gasteiger partial charge in [0.05, 0.1) is 0 Å². The zero-order valence-corrected chi connectivity index (χ0v) is 12.7. The van der Waals surface area contributed by atoms with Gasteiger partial charge in [0.2, 0.25) is 5.91 Å². The second-order valence-electron chi connectivity index (χ2n) is 6.89. The molecule has 1 aliphatic rings. The van der Waals surface area contributed by atoms with Gasteiger partial charge in [0.15, 0.2) is 0 Å². The standard InChI is InChI=1S/C14H27N3O2/c1-10(18)16-9-14(4)7-11(17-12(19)15-5)6-13(2,3)8-14/h11H,6-9H2,1-5H3,(H,16,18)(H2,15,17,19). The Morgan fingerprint density at radius 1 is 1.21 bits per heavy atom. The first-order valence-electron chi connectivity index (χ1n) is 6.88. The van der Waals surface area contributed by atoms with E-state index in [2.05, 4.69) is 36.7 Å². The molecule has 0 spiro atoms. The lowest BCUT2D eigenvalue weighted by Gasteiger charge is -2.46. The van der Waals surface area contributed by atoms with Crippen molar-refractivity contribution in [2.75, 3.05) is 13.6 Å². The Balaban J connectivity index is 2.71. The lowest BCUT2D eigenvalue weighted by atomic mass is 9.62. The van der Waals surface area contributed by atoms with Crippen LogP contribution in [0.15, 0.2) is 0 Å². The number of nitrogens with one attached hydrogen (secondary N) is 3. The predicted octanol–water partition coefficient (Wildman–Crippen LogP) is 1.64. The SMILES string of the molecule is CNC(=O)NC1CC(C)(C)CC(C)(CNC(C)=O)C1. The lowest BCUT2D eigenvalue weighted by molar-refractivity contribution is -0.119. The summed E-state index contributed by atoms with van der Waals surface area (Å²) in [5, 5.41) is 8.52. The Hall–Kier alpha value is -1.26. The van der Waals surface area contributed by atoms with E-state index in [0.29, 0.717) is 6.54 Å². The zero-order chi connectivity index (χ0) is 14.7. The third kappa shape index (κ3) is 5.09. The molecule has 1 rings (SSSR count). The fourth-order valence-corrected chi connectivity index (χ4v) is 3.47. The Labute approximate surface area is 115 Å². The fourth-order valence-electron chi connectivity index (χ4n) is 3.47. The van der Waals surface area contributed by atoms with Crippen LogP contribution in [0.5, 0.6) is 0 Å². The molecule has 0 aromatic heterocycles. The molecular formula is C14H27N3O2. The van der Waals surface area contributed by atoms with Crippen molar-refractivity contribution >= 4 is 11.9 Å². The van der Waals surface area contributed by atoms with Crippen molar-refractivity contribution in [1.82, 2.24) is 16.0 Å². The van der Waals surface area contributed by atoms with Gasteiger partial charge in [0.1, 0.15) is 0 Å². The van der Waals surface area contributed by atoms with Gasteiger partial charge >= 0.3 is 6.03 Å². The van der Waals surface area contributed by atoms with Gasteiger partial charge < -0.3 is 16.0 Å². The normalized spacial score (nSPS) is 29.4. The molecule has 0 saturated heterocycles. The van der Waals surface area contributed by atoms with Crippen LogP contribution in [-0.4, -0.2) is 31.6 Å². The quantitative estimate of drug-likeness (QED) is 0.729. The Kier molecular flexibility index (Phi) is 4.82. The van der Waals surface area contributed by atoms with Gasteiger partial charge in [-0.25, -0.2) is 4.79 Å². The van der Waals surface area contributed by atoms with Crippen LogP contribution < -0.4 is 16.0 Å². The van der Waals surface area contributed by atoms with E-state index >= 15 is 0 Å². The van der Waals surface area contributed by atoms with E-state index in [1.165, 1.54) is 6.92 Å². The van der Waals surface area contributed by atoms with E-state index in [1.807, 2.05) is 0 Å². The highest BCUT2D eigenvalue weighted by Crippen LogP contribution is 2.45. The number of hydrogen-bond donors (Lipinski definition) is 3. The van der Waals surface area contributed by atoms with Crippen LogP contribution >= 0.6 is 0 Å². The summed E-state index contributed by atoms with van der Waals surface area (Å²) in [7, 11) is 1.62. The topological polar surface area (TPSA) is 70.2 Å². The molecule has 5 heteroatoms. The Morgan fingerprint density at radius 3 is 2.37 bits per heavy atom. The molecule has 0 radical (unpaired) electrons. The molecule has 5 nitrogen and oxygen atoms in total. The molecule has 19 heavy (non-hydrogen) atoms. The van der Waals surface area contributed by atoms with Gasteiger partial charge in [-0.2, -0.15) is 0 Å². The van der Waals surface area contributed by atoms with Gasteiger partial charge in [-0.1, -0.05) is 20.8 Å². The van der Waals surface area contributed by atoms with E-state index in [9.17, 15) is 9.59 Å². The highest BCUT2D eigenvalue weighted by molar-refractivity contribution is 5.74. The molecule has 0 bridgehead atoms. The molecule has 0 aromatic rings. The Morgan fingerprint density at radius 2 is 1.84 bits per heavy atom. The Bertz CT molecular complexity index is 355. The minimum atomic E-state index is -0.135. The molecule has 0 aliphatic heterocycles. The van der Waals surface area contributed by atoms with Crippen LogP contribution in [0.4, 0.5) is 4.79 Å². The predicted molar refractivity (Wildman–Crippen MR) is 75.8 cm³/mol. The number of carbonyl (C=O) groups is 2. The molecule has 3 amide bonds. The van der Waals surface area contributed by atoms with Crippen molar-refractivity contribution in [3.8, 4) is 0 Å². The summed E-state index contributed by atoms with van der Waals surface area (Å²) < 4.78 is 0. The van der Waals surface area contributed by atoms with Gasteiger partial charge in [0.25, 0.3) is 0 Å². The summed E-state index contributed by atoms with van der Waals surface area (Å²) in [5.41, 5.74) is 0.191. The summed E-state index contributed by atoms with van der Waals surface area (Å²) in [4.78, 5) is 22.6. The molecule has 2 unspecified atom stereocenters. The van der Waals surface area contributed by atoms with Crippen LogP contribution in [0, 0.1) is 10.8 Å². The molecular weight excluding hydrogens is 242 g/mol. The van der Waals surface area contributed by atoms with Crippen LogP contribution in [-0.2, 0) is 4.79 Å². The highest BCUT2D eigenvalue weighted by Gasteiger charge is 2.41. The van der Waals surface area contributed by atoms with E-state index in [1.54, 1.807) is 7.05 Å². The van der Waals surface area contributed by atoms with Crippen LogP contribution in [0.25, 0.3) is 0 Å². The fraction of sp³-hybridized carbons (Fsp3) is 0.857. The molecule has 1 fully saturated rings. The molecule has 2 atom stereocenters. The summed E-state index contributed by atoms with van der Waals surface area (Å²) >= 11 is 0. The van der Waals surface area contributed by atoms with Gasteiger partial charge in [0, 0.05) is 26.6 Å². The van der Waals surface area contributed by atoms with Crippen molar-refractivity contribution in [2.45, 2.75) is 53.0 Å². The van der Waals surface area contributed by atoms with Crippen molar-refractivity contribution < 1.29 is 9.59 Å². The van der Waals surface area contributed by atoms with Crippen molar-refractivity contribution in [3.63, 3.8) is 0 Å². The van der Waals surface area contributed by atoms with Crippen LogP contribution in [0.1, 0.15) is 47.0 Å². The average molecular weight is 269 g/mol. The number of amides is 3. The summed E-state index contributed by atoms with van der Waals surface area (Å²) in [5.74, 6) is 0.000384. The number of urea groups is 1. The molecule has 0 aromatic carbocycles. The lowest BCUT2D eigenvalue weighted by Crippen LogP contribution is -2.51. The van der Waals surface area contributed by atoms with Gasteiger partial charge in [-0.3, -0.25) is 4.79 Å². The third-order valence-corrected chi connectivity index (χ3v) is 3.77. The molecule has 1 saturated carbocycles. The molecule has 1 aliphatic carbocycles. The first kappa shape index (κ1) is 15.8. The monoisotopic (exact) mass is 269 g/mol. The molecule has 0 heterocycles. The molecule has 110 valence electrons. The smallest absolute Gasteiger partial charge is 0.314 e. The second-order valence-corrected chi connectivity index (χ2v) is 6.89. The average Bonchev–Trinajstić information content (AvgIpc) is 2.23. The van der Waals surface area contributed by atoms with Gasteiger partial charge in [-0.15, -0.1) is 0 Å². The largest absolute Gasteiger partial charge is 0.356 e. The van der Waals surface area contributed by atoms with Crippen molar-refractivity contribution in [1.29, 1.82) is 0 Å². The number of carbonyl (C=O) groups excluding carboxylic acids is 2. The maximum Gasteiger partial charge on any atom is 0.314 e. The van der Waals surface area contributed by atoms with Crippen molar-refractivity contribution in [3.05, 3.63) is 0 Å². The zero-order valence-electron chi connectivity index (χ0n) is 12.7. The second kappa shape index (κ2) is 5.80. The highest BCUT2D eigenvalue weighted by atomic mass is 16.2. The summed E-state index contributed by atoms with van der Waals surface area (Å²) in [6, 6.07) is 0.0204. The van der Waals surface area contributed by atoms with Crippen molar-refractivity contribution in [2.24, 2.45) is 10.8 Å². The first-order valence-corrected chi connectivity index (χ1v) is 6.88. The maximum absolute atomic E-state index is 11.5. The number of rotatable bonds is 3. The van der Waals surface area contributed by atoms with Gasteiger partial charge in [-0.05, 0) is 30.1 Å². The minimum Gasteiger partial charge on any atom is -0.356 e. The maximum atomic E-state index is 11.5. The van der Waals surface area contributed by atoms with Crippen LogP contribution in [0.3, 0.4) is 0 Å². The van der Waals surface area contributed by atoms with E-state index in [0.717, 1.165) is 19.3 Å². The minimum absolute atomic E-state index is 0.000384. The molecule has 3 N–H and O–H groups in total. The summed E-state index contributed by atoms with van der Waals surface area (Å²) in [6.45, 7) is 8.82. The third-order valence-electron chi connectivity index (χ3n) is 3.77. The summed E-state index contributed by atoms with van der Waals surface area (Å²) in [6.07, 6.45) is 2.91. The number of hydrogen-bond acceptors (Lipinski definition) is 2. The van der Waals surface area contributed by atoms with E-state index in [-0.39, 0.29) is 28.8 Å². The first-order chi connectivity index (χ1) is 8.66. The van der Waals surface area contributed by atoms with E-state index in [4.69, 9.17) is 0 Å². The van der Waals surface area contributed by atoms with Crippen LogP contribution in [0.2, 0.25) is 0 Å². The van der Waals surface area contributed by atoms with E-state index < -0.39 is 0 Å².